The first-order valence-electron chi connectivity index (χ1n) is 13.7. The van der Waals surface area contributed by atoms with Gasteiger partial charge in [0, 0.05) is 23.6 Å². The molecule has 37 heavy (non-hydrogen) atoms. The summed E-state index contributed by atoms with van der Waals surface area (Å²) in [4.78, 5) is 13.8. The summed E-state index contributed by atoms with van der Waals surface area (Å²) < 4.78 is 2.31. The Labute approximate surface area is 220 Å². The highest BCUT2D eigenvalue weighted by atomic mass is 16.3. The number of rotatable bonds is 8. The molecule has 4 heteroatoms. The van der Waals surface area contributed by atoms with Gasteiger partial charge < -0.3 is 15.0 Å². The van der Waals surface area contributed by atoms with Crippen LogP contribution in [0.4, 0.5) is 0 Å². The number of para-hydroxylation sites is 1. The van der Waals surface area contributed by atoms with Gasteiger partial charge in [0.2, 0.25) is 5.91 Å². The molecule has 1 amide bonds. The van der Waals surface area contributed by atoms with Gasteiger partial charge in [0.05, 0.1) is 18.6 Å². The molecular formula is C33H38N2O2. The topological polar surface area (TPSA) is 54.3 Å². The van der Waals surface area contributed by atoms with E-state index in [1.54, 1.807) is 0 Å². The molecule has 4 nitrogen and oxygen atoms in total. The van der Waals surface area contributed by atoms with E-state index in [9.17, 15) is 9.90 Å². The molecule has 0 aliphatic heterocycles. The van der Waals surface area contributed by atoms with Gasteiger partial charge in [-0.1, -0.05) is 98.5 Å². The summed E-state index contributed by atoms with van der Waals surface area (Å²) in [7, 11) is 0. The summed E-state index contributed by atoms with van der Waals surface area (Å²) in [6.07, 6.45) is 9.21. The number of carbonyl (C=O) groups is 1. The van der Waals surface area contributed by atoms with Crippen LogP contribution in [0, 0.1) is 12.8 Å². The summed E-state index contributed by atoms with van der Waals surface area (Å²) in [5, 5.41) is 14.5. The third-order valence-electron chi connectivity index (χ3n) is 8.03. The Morgan fingerprint density at radius 3 is 2.27 bits per heavy atom. The molecule has 0 bridgehead atoms. The predicted octanol–water partition coefficient (Wildman–Crippen LogP) is 6.90. The molecule has 1 aliphatic carbocycles. The van der Waals surface area contributed by atoms with E-state index in [1.807, 2.05) is 30.3 Å². The molecule has 2 unspecified atom stereocenters. The van der Waals surface area contributed by atoms with Crippen LogP contribution in [0.3, 0.4) is 0 Å². The molecule has 1 aliphatic rings. The molecule has 0 spiro atoms. The highest BCUT2D eigenvalue weighted by molar-refractivity contribution is 5.85. The van der Waals surface area contributed by atoms with Gasteiger partial charge in [0.15, 0.2) is 0 Å². The van der Waals surface area contributed by atoms with E-state index in [0.29, 0.717) is 5.92 Å². The number of amides is 1. The molecule has 5 rings (SSSR count). The second-order valence-electron chi connectivity index (χ2n) is 10.6. The van der Waals surface area contributed by atoms with E-state index in [0.717, 1.165) is 30.5 Å². The highest BCUT2D eigenvalue weighted by Gasteiger charge is 2.31. The van der Waals surface area contributed by atoms with Crippen molar-refractivity contribution < 1.29 is 9.90 Å². The second kappa shape index (κ2) is 11.8. The van der Waals surface area contributed by atoms with Crippen LogP contribution >= 0.6 is 0 Å². The summed E-state index contributed by atoms with van der Waals surface area (Å²) in [6, 6.07) is 26.6. The van der Waals surface area contributed by atoms with Crippen molar-refractivity contribution >= 4 is 16.8 Å². The lowest BCUT2D eigenvalue weighted by molar-refractivity contribution is -0.125. The number of fused-ring (bicyclic) bond motifs is 1. The first-order valence-corrected chi connectivity index (χ1v) is 13.7. The van der Waals surface area contributed by atoms with Gasteiger partial charge in [0.1, 0.15) is 0 Å². The normalized spacial score (nSPS) is 16.3. The molecule has 1 heterocycles. The number of carbonyl (C=O) groups excluding carboxylic acids is 1. The lowest BCUT2D eigenvalue weighted by Crippen LogP contribution is -2.37. The maximum atomic E-state index is 13.8. The molecule has 0 saturated heterocycles. The van der Waals surface area contributed by atoms with Crippen LogP contribution in [0.1, 0.15) is 72.7 Å². The number of nitrogens with zero attached hydrogens (tertiary/aromatic N) is 1. The lowest BCUT2D eigenvalue weighted by atomic mass is 9.80. The van der Waals surface area contributed by atoms with Crippen LogP contribution in [0.25, 0.3) is 10.9 Å². The monoisotopic (exact) mass is 494 g/mol. The lowest BCUT2D eigenvalue weighted by Gasteiger charge is -2.28. The quantitative estimate of drug-likeness (QED) is 0.262. The fraction of sp³-hybridized carbons (Fsp3) is 0.364. The largest absolute Gasteiger partial charge is 0.394 e. The van der Waals surface area contributed by atoms with Crippen molar-refractivity contribution in [2.75, 3.05) is 6.61 Å². The van der Waals surface area contributed by atoms with Crippen LogP contribution in [-0.4, -0.2) is 22.2 Å². The average molecular weight is 495 g/mol. The minimum absolute atomic E-state index is 0.0228. The van der Waals surface area contributed by atoms with Crippen LogP contribution in [0.15, 0.2) is 85.1 Å². The number of hydrogen-bond donors (Lipinski definition) is 2. The Balaban J connectivity index is 1.39. The number of aliphatic hydroxyl groups is 1. The number of aromatic nitrogens is 1. The van der Waals surface area contributed by atoms with E-state index < -0.39 is 6.04 Å². The fourth-order valence-corrected chi connectivity index (χ4v) is 6.05. The van der Waals surface area contributed by atoms with E-state index in [2.05, 4.69) is 71.5 Å². The first-order chi connectivity index (χ1) is 18.1. The fourth-order valence-electron chi connectivity index (χ4n) is 6.05. The van der Waals surface area contributed by atoms with Crippen molar-refractivity contribution in [3.8, 4) is 0 Å². The van der Waals surface area contributed by atoms with Crippen LogP contribution in [-0.2, 0) is 11.3 Å². The number of benzene rings is 3. The maximum absolute atomic E-state index is 13.8. The number of aliphatic hydroxyl groups excluding tert-OH is 1. The highest BCUT2D eigenvalue weighted by Crippen LogP contribution is 2.36. The molecular weight excluding hydrogens is 456 g/mol. The Morgan fingerprint density at radius 1 is 0.892 bits per heavy atom. The standard InChI is InChI=1S/C33H38N2O2/c1-24-21-35(31-16-10-9-15-29(24)31)22-25-17-19-28(20-18-25)32(27-13-5-2-3-6-14-27)33(37)34-30(23-36)26-11-7-4-8-12-26/h4,7-12,15-21,27,30,32,36H,2-3,5-6,13-14,22-23H2,1H3,(H,34,37). The number of nitrogens with one attached hydrogen (secondary N) is 1. The number of aryl methyl sites for hydroxylation is 1. The van der Waals surface area contributed by atoms with Gasteiger partial charge in [-0.05, 0) is 54.0 Å². The Bertz CT molecular complexity index is 1300. The van der Waals surface area contributed by atoms with E-state index >= 15 is 0 Å². The minimum atomic E-state index is -0.397. The first kappa shape index (κ1) is 25.3. The van der Waals surface area contributed by atoms with E-state index in [4.69, 9.17) is 0 Å². The Morgan fingerprint density at radius 2 is 1.57 bits per heavy atom. The van der Waals surface area contributed by atoms with Gasteiger partial charge in [-0.25, -0.2) is 0 Å². The molecule has 1 fully saturated rings. The Hall–Kier alpha value is -3.37. The molecule has 3 aromatic carbocycles. The zero-order chi connectivity index (χ0) is 25.6. The van der Waals surface area contributed by atoms with E-state index in [1.165, 1.54) is 47.7 Å². The van der Waals surface area contributed by atoms with Gasteiger partial charge >= 0.3 is 0 Å². The van der Waals surface area contributed by atoms with Crippen LogP contribution < -0.4 is 5.32 Å². The van der Waals surface area contributed by atoms with Crippen LogP contribution in [0.5, 0.6) is 0 Å². The third-order valence-corrected chi connectivity index (χ3v) is 8.03. The maximum Gasteiger partial charge on any atom is 0.228 e. The van der Waals surface area contributed by atoms with E-state index in [-0.39, 0.29) is 18.4 Å². The molecule has 2 atom stereocenters. The van der Waals surface area contributed by atoms with Crippen LogP contribution in [0.2, 0.25) is 0 Å². The van der Waals surface area contributed by atoms with Crippen molar-refractivity contribution in [3.05, 3.63) is 107 Å². The summed E-state index contributed by atoms with van der Waals surface area (Å²) in [5.74, 6) is 0.133. The third kappa shape index (κ3) is 5.80. The van der Waals surface area contributed by atoms with Crippen molar-refractivity contribution in [2.45, 2.75) is 64.0 Å². The van der Waals surface area contributed by atoms with Crippen molar-refractivity contribution in [1.82, 2.24) is 9.88 Å². The smallest absolute Gasteiger partial charge is 0.228 e. The molecule has 2 N–H and O–H groups in total. The van der Waals surface area contributed by atoms with Gasteiger partial charge in [-0.15, -0.1) is 0 Å². The SMILES string of the molecule is Cc1cn(Cc2ccc(C(C(=O)NC(CO)c3ccccc3)C3CCCCCC3)cc2)c2ccccc12. The second-order valence-corrected chi connectivity index (χ2v) is 10.6. The zero-order valence-electron chi connectivity index (χ0n) is 21.8. The average Bonchev–Trinajstić information content (AvgIpc) is 3.08. The van der Waals surface area contributed by atoms with Gasteiger partial charge in [-0.2, -0.15) is 0 Å². The summed E-state index contributed by atoms with van der Waals surface area (Å²) in [6.45, 7) is 2.85. The van der Waals surface area contributed by atoms with Gasteiger partial charge in [0.25, 0.3) is 0 Å². The Kier molecular flexibility index (Phi) is 8.05. The summed E-state index contributed by atoms with van der Waals surface area (Å²) in [5.41, 5.74) is 5.76. The summed E-state index contributed by atoms with van der Waals surface area (Å²) >= 11 is 0. The zero-order valence-corrected chi connectivity index (χ0v) is 21.8. The number of hydrogen-bond acceptors (Lipinski definition) is 2. The molecule has 192 valence electrons. The minimum Gasteiger partial charge on any atom is -0.394 e. The molecule has 1 aromatic heterocycles. The van der Waals surface area contributed by atoms with Crippen molar-refractivity contribution in [2.24, 2.45) is 5.92 Å². The predicted molar refractivity (Wildman–Crippen MR) is 151 cm³/mol. The molecule has 0 radical (unpaired) electrons. The van der Waals surface area contributed by atoms with Gasteiger partial charge in [-0.3, -0.25) is 4.79 Å². The van der Waals surface area contributed by atoms with Crippen molar-refractivity contribution in [3.63, 3.8) is 0 Å². The molecule has 1 saturated carbocycles. The van der Waals surface area contributed by atoms with Crippen molar-refractivity contribution in [1.29, 1.82) is 0 Å². The molecule has 4 aromatic rings.